The van der Waals surface area contributed by atoms with E-state index in [0.29, 0.717) is 17.7 Å². The molecule has 11 heteroatoms. The molecule has 35 heavy (non-hydrogen) atoms. The quantitative estimate of drug-likeness (QED) is 0.436. The Morgan fingerprint density at radius 3 is 1.83 bits per heavy atom. The summed E-state index contributed by atoms with van der Waals surface area (Å²) >= 11 is 0. The van der Waals surface area contributed by atoms with Crippen molar-refractivity contribution in [2.75, 3.05) is 6.54 Å². The summed E-state index contributed by atoms with van der Waals surface area (Å²) in [6.45, 7) is 3.61. The summed E-state index contributed by atoms with van der Waals surface area (Å²) in [5.74, 6) is 0. The minimum Gasteiger partial charge on any atom is -0.444 e. The van der Waals surface area contributed by atoms with Crippen molar-refractivity contribution in [2.45, 2.75) is 62.8 Å². The summed E-state index contributed by atoms with van der Waals surface area (Å²) in [6, 6.07) is 11.9. The van der Waals surface area contributed by atoms with Gasteiger partial charge in [-0.3, -0.25) is 5.32 Å². The standard InChI is InChI=1S/C24H28F6N2O3/c1-21(2,3)35-20(34)32-18(14-16-10-6-4-7-11-16)19(33)15-31-22(23(25,26)27,24(28,29)30)17-12-8-5-9-13-17/h4-13,18-19,31,33H,14-15H2,1-3H3,(H,32,34)/t18-,19+/m0/s1. The van der Waals surface area contributed by atoms with E-state index in [0.717, 1.165) is 12.1 Å². The van der Waals surface area contributed by atoms with Crippen LogP contribution in [0, 0.1) is 0 Å². The van der Waals surface area contributed by atoms with E-state index >= 15 is 0 Å². The maximum absolute atomic E-state index is 14.0. The summed E-state index contributed by atoms with van der Waals surface area (Å²) in [4.78, 5) is 12.3. The van der Waals surface area contributed by atoms with Gasteiger partial charge in [-0.1, -0.05) is 60.7 Å². The zero-order valence-electron chi connectivity index (χ0n) is 19.4. The predicted molar refractivity (Wildman–Crippen MR) is 118 cm³/mol. The fourth-order valence-electron chi connectivity index (χ4n) is 3.49. The minimum atomic E-state index is -5.79. The van der Waals surface area contributed by atoms with Crippen LogP contribution < -0.4 is 10.6 Å². The molecule has 0 aliphatic rings. The molecule has 1 amide bonds. The molecule has 0 aromatic heterocycles. The second-order valence-electron chi connectivity index (χ2n) is 9.00. The summed E-state index contributed by atoms with van der Waals surface area (Å²) in [7, 11) is 0. The van der Waals surface area contributed by atoms with Crippen molar-refractivity contribution in [2.24, 2.45) is 0 Å². The van der Waals surface area contributed by atoms with E-state index in [1.165, 1.54) is 11.4 Å². The number of aliphatic hydroxyl groups excluding tert-OH is 1. The number of alkyl carbamates (subject to hydrolysis) is 1. The van der Waals surface area contributed by atoms with Crippen molar-refractivity contribution in [3.8, 4) is 0 Å². The van der Waals surface area contributed by atoms with Crippen molar-refractivity contribution in [1.82, 2.24) is 10.6 Å². The fraction of sp³-hybridized carbons (Fsp3) is 0.458. The predicted octanol–water partition coefficient (Wildman–Crippen LogP) is 5.09. The highest BCUT2D eigenvalue weighted by Gasteiger charge is 2.71. The summed E-state index contributed by atoms with van der Waals surface area (Å²) in [5, 5.41) is 14.6. The molecule has 2 atom stereocenters. The number of ether oxygens (including phenoxy) is 1. The highest BCUT2D eigenvalue weighted by atomic mass is 19.4. The number of hydrogen-bond donors (Lipinski definition) is 3. The number of carbonyl (C=O) groups excluding carboxylic acids is 1. The summed E-state index contributed by atoms with van der Waals surface area (Å²) in [5.41, 5.74) is -5.84. The first-order chi connectivity index (χ1) is 16.1. The van der Waals surface area contributed by atoms with Gasteiger partial charge in [-0.2, -0.15) is 26.3 Å². The first kappa shape index (κ1) is 28.4. The summed E-state index contributed by atoms with van der Waals surface area (Å²) < 4.78 is 89.1. The minimum absolute atomic E-state index is 0.0701. The van der Waals surface area contributed by atoms with Crippen LogP contribution in [0.15, 0.2) is 60.7 Å². The van der Waals surface area contributed by atoms with Crippen molar-refractivity contribution in [3.05, 3.63) is 71.8 Å². The van der Waals surface area contributed by atoms with Gasteiger partial charge < -0.3 is 15.2 Å². The van der Waals surface area contributed by atoms with Crippen LogP contribution in [0.4, 0.5) is 31.1 Å². The third-order valence-corrected chi connectivity index (χ3v) is 5.10. The first-order valence-corrected chi connectivity index (χ1v) is 10.7. The van der Waals surface area contributed by atoms with Crippen molar-refractivity contribution in [1.29, 1.82) is 0 Å². The zero-order valence-corrected chi connectivity index (χ0v) is 19.4. The van der Waals surface area contributed by atoms with Crippen molar-refractivity contribution >= 4 is 6.09 Å². The molecular weight excluding hydrogens is 478 g/mol. The fourth-order valence-corrected chi connectivity index (χ4v) is 3.49. The molecule has 0 fully saturated rings. The van der Waals surface area contributed by atoms with Crippen molar-refractivity contribution < 1.29 is 41.0 Å². The number of carbonyl (C=O) groups is 1. The van der Waals surface area contributed by atoms with E-state index < -0.39 is 53.8 Å². The second kappa shape index (κ2) is 10.9. The van der Waals surface area contributed by atoms with Gasteiger partial charge in [-0.25, -0.2) is 4.79 Å². The Bertz CT molecular complexity index is 930. The third-order valence-electron chi connectivity index (χ3n) is 5.10. The van der Waals surface area contributed by atoms with Crippen LogP contribution in [0.2, 0.25) is 0 Å². The molecule has 2 aromatic rings. The van der Waals surface area contributed by atoms with Crippen LogP contribution in [-0.2, 0) is 16.7 Å². The van der Waals surface area contributed by atoms with Gasteiger partial charge in [0.1, 0.15) is 5.60 Å². The van der Waals surface area contributed by atoms with Gasteiger partial charge in [0.25, 0.3) is 0 Å². The van der Waals surface area contributed by atoms with Gasteiger partial charge >= 0.3 is 18.4 Å². The molecule has 0 radical (unpaired) electrons. The average molecular weight is 506 g/mol. The Balaban J connectivity index is 2.36. The van der Waals surface area contributed by atoms with Gasteiger partial charge in [-0.15, -0.1) is 0 Å². The number of benzene rings is 2. The van der Waals surface area contributed by atoms with Crippen molar-refractivity contribution in [3.63, 3.8) is 0 Å². The molecule has 3 N–H and O–H groups in total. The van der Waals surface area contributed by atoms with E-state index in [2.05, 4.69) is 5.32 Å². The van der Waals surface area contributed by atoms with E-state index in [-0.39, 0.29) is 6.42 Å². The van der Waals surface area contributed by atoms with Gasteiger partial charge in [0.2, 0.25) is 5.54 Å². The third kappa shape index (κ3) is 7.35. The lowest BCUT2D eigenvalue weighted by Crippen LogP contribution is -2.65. The highest BCUT2D eigenvalue weighted by Crippen LogP contribution is 2.50. The number of amides is 1. The molecule has 194 valence electrons. The van der Waals surface area contributed by atoms with Crippen LogP contribution in [0.25, 0.3) is 0 Å². The number of nitrogens with one attached hydrogen (secondary N) is 2. The van der Waals surface area contributed by atoms with Crippen LogP contribution in [0.5, 0.6) is 0 Å². The smallest absolute Gasteiger partial charge is 0.419 e. The largest absolute Gasteiger partial charge is 0.444 e. The van der Waals surface area contributed by atoms with Gasteiger partial charge in [0.05, 0.1) is 12.1 Å². The normalized spacial score (nSPS) is 14.8. The molecular formula is C24H28F6N2O3. The molecule has 2 rings (SSSR count). The topological polar surface area (TPSA) is 70.6 Å². The van der Waals surface area contributed by atoms with E-state index in [1.807, 2.05) is 0 Å². The lowest BCUT2D eigenvalue weighted by molar-refractivity contribution is -0.314. The Labute approximate surface area is 199 Å². The zero-order chi connectivity index (χ0) is 26.5. The highest BCUT2D eigenvalue weighted by molar-refractivity contribution is 5.68. The van der Waals surface area contributed by atoms with E-state index in [4.69, 9.17) is 4.74 Å². The molecule has 0 unspecified atom stereocenters. The molecule has 0 spiro atoms. The maximum atomic E-state index is 14.0. The van der Waals surface area contributed by atoms with Crippen LogP contribution in [0.1, 0.15) is 31.9 Å². The molecule has 5 nitrogen and oxygen atoms in total. The molecule has 0 bridgehead atoms. The lowest BCUT2D eigenvalue weighted by Gasteiger charge is -2.39. The molecule has 2 aromatic carbocycles. The number of rotatable bonds is 8. The Kier molecular flexibility index (Phi) is 8.83. The summed E-state index contributed by atoms with van der Waals surface area (Å²) in [6.07, 6.45) is -14.5. The molecule has 0 aliphatic heterocycles. The molecule has 0 aliphatic carbocycles. The Morgan fingerprint density at radius 1 is 0.886 bits per heavy atom. The molecule has 0 saturated carbocycles. The van der Waals surface area contributed by atoms with Crippen LogP contribution >= 0.6 is 0 Å². The Hall–Kier alpha value is -2.79. The Morgan fingerprint density at radius 2 is 1.37 bits per heavy atom. The van der Waals surface area contributed by atoms with E-state index in [9.17, 15) is 36.2 Å². The maximum Gasteiger partial charge on any atom is 0.419 e. The van der Waals surface area contributed by atoms with Gasteiger partial charge in [0.15, 0.2) is 0 Å². The number of alkyl halides is 6. The van der Waals surface area contributed by atoms with Crippen LogP contribution in [0.3, 0.4) is 0 Å². The number of halogens is 6. The molecule has 0 heterocycles. The van der Waals surface area contributed by atoms with E-state index in [1.54, 1.807) is 51.1 Å². The SMILES string of the molecule is CC(C)(C)OC(=O)N[C@@H](Cc1ccccc1)[C@H](O)CNC(c1ccccc1)(C(F)(F)F)C(F)(F)F. The number of hydrogen-bond acceptors (Lipinski definition) is 4. The lowest BCUT2D eigenvalue weighted by atomic mass is 9.87. The van der Waals surface area contributed by atoms with Gasteiger partial charge in [-0.05, 0) is 38.3 Å². The van der Waals surface area contributed by atoms with Gasteiger partial charge in [0, 0.05) is 6.54 Å². The first-order valence-electron chi connectivity index (χ1n) is 10.7. The molecule has 0 saturated heterocycles. The monoisotopic (exact) mass is 506 g/mol. The van der Waals surface area contributed by atoms with Crippen LogP contribution in [-0.4, -0.2) is 47.8 Å². The number of aliphatic hydroxyl groups is 1. The average Bonchev–Trinajstić information content (AvgIpc) is 2.71. The second-order valence-corrected chi connectivity index (χ2v) is 9.00.